The van der Waals surface area contributed by atoms with Gasteiger partial charge in [-0.05, 0) is 49.2 Å². The molecular formula is C22H25NO4. The molecule has 1 N–H and O–H groups in total. The first kappa shape index (κ1) is 19.1. The Hall–Kier alpha value is -2.63. The Morgan fingerprint density at radius 3 is 2.30 bits per heavy atom. The lowest BCUT2D eigenvalue weighted by Gasteiger charge is -2.56. The highest BCUT2D eigenvalue weighted by atomic mass is 16.5. The number of rotatable bonds is 6. The smallest absolute Gasteiger partial charge is 0.265 e. The van der Waals surface area contributed by atoms with Crippen LogP contribution in [0.5, 0.6) is 5.75 Å². The third kappa shape index (κ3) is 3.13. The maximum absolute atomic E-state index is 13.1. The van der Waals surface area contributed by atoms with Crippen molar-refractivity contribution in [2.45, 2.75) is 31.6 Å². The Labute approximate surface area is 159 Å². The maximum atomic E-state index is 13.1. The molecule has 27 heavy (non-hydrogen) atoms. The fourth-order valence-corrected chi connectivity index (χ4v) is 3.77. The fraction of sp³-hybridized carbons (Fsp3) is 0.318. The summed E-state index contributed by atoms with van der Waals surface area (Å²) in [6.07, 6.45) is 1.07. The van der Waals surface area contributed by atoms with Gasteiger partial charge in [-0.3, -0.25) is 9.69 Å². The molecule has 5 nitrogen and oxygen atoms in total. The zero-order valence-corrected chi connectivity index (χ0v) is 16.0. The minimum atomic E-state index is -1.30. The summed E-state index contributed by atoms with van der Waals surface area (Å²) in [5.41, 5.74) is 1.40. The van der Waals surface area contributed by atoms with Gasteiger partial charge in [-0.25, -0.2) is 0 Å². The summed E-state index contributed by atoms with van der Waals surface area (Å²) in [5, 5.41) is 10.4. The quantitative estimate of drug-likeness (QED) is 0.796. The number of benzene rings is 2. The van der Waals surface area contributed by atoms with Crippen molar-refractivity contribution in [2.75, 3.05) is 19.1 Å². The van der Waals surface area contributed by atoms with Crippen molar-refractivity contribution >= 4 is 17.7 Å². The molecule has 0 aromatic heterocycles. The number of methoxy groups -OCH3 is 2. The first-order valence-electron chi connectivity index (χ1n) is 8.90. The zero-order chi connectivity index (χ0) is 19.6. The van der Waals surface area contributed by atoms with Crippen molar-refractivity contribution in [1.82, 2.24) is 0 Å². The highest BCUT2D eigenvalue weighted by molar-refractivity contribution is 6.10. The number of aliphatic hydroxyl groups is 1. The summed E-state index contributed by atoms with van der Waals surface area (Å²) in [7, 11) is 3.07. The average Bonchev–Trinajstić information content (AvgIpc) is 2.67. The predicted molar refractivity (Wildman–Crippen MR) is 106 cm³/mol. The van der Waals surface area contributed by atoms with Gasteiger partial charge in [-0.2, -0.15) is 0 Å². The standard InChI is InChI=1S/C22H25NO4/c1-15(14-17-8-6-5-7-9-17)20-22(27-4,16(2)24)21(25)23(20)18-10-12-19(26-3)13-11-18/h5-14,16,20,24H,1-4H3/b15-14+/t16-,20?,22-/m0/s1. The molecule has 142 valence electrons. The number of hydrogen-bond donors (Lipinski definition) is 1. The summed E-state index contributed by atoms with van der Waals surface area (Å²) >= 11 is 0. The van der Waals surface area contributed by atoms with Crippen molar-refractivity contribution < 1.29 is 19.4 Å². The van der Waals surface area contributed by atoms with Gasteiger partial charge in [0.2, 0.25) is 0 Å². The summed E-state index contributed by atoms with van der Waals surface area (Å²) < 4.78 is 10.8. The van der Waals surface area contributed by atoms with Crippen LogP contribution in [0.3, 0.4) is 0 Å². The van der Waals surface area contributed by atoms with Gasteiger partial charge in [-0.15, -0.1) is 0 Å². The van der Waals surface area contributed by atoms with Gasteiger partial charge in [-0.1, -0.05) is 36.4 Å². The molecule has 0 radical (unpaired) electrons. The molecule has 2 aromatic rings. The second kappa shape index (κ2) is 7.55. The van der Waals surface area contributed by atoms with E-state index in [0.717, 1.165) is 16.8 Å². The van der Waals surface area contributed by atoms with Crippen molar-refractivity contribution in [3.05, 3.63) is 65.7 Å². The van der Waals surface area contributed by atoms with Crippen LogP contribution in [-0.4, -0.2) is 43.0 Å². The molecule has 1 fully saturated rings. The van der Waals surface area contributed by atoms with Crippen LogP contribution in [0.25, 0.3) is 6.08 Å². The van der Waals surface area contributed by atoms with E-state index in [1.165, 1.54) is 7.11 Å². The topological polar surface area (TPSA) is 59.0 Å². The monoisotopic (exact) mass is 367 g/mol. The Bertz CT molecular complexity index is 829. The highest BCUT2D eigenvalue weighted by Gasteiger charge is 2.65. The van der Waals surface area contributed by atoms with Crippen molar-refractivity contribution in [1.29, 1.82) is 0 Å². The molecule has 2 aromatic carbocycles. The lowest BCUT2D eigenvalue weighted by molar-refractivity contribution is -0.174. The number of β-lactam (4-membered cyclic amide) rings is 1. The van der Waals surface area contributed by atoms with Crippen LogP contribution in [-0.2, 0) is 9.53 Å². The number of nitrogens with zero attached hydrogens (tertiary/aromatic N) is 1. The summed E-state index contributed by atoms with van der Waals surface area (Å²) in [6.45, 7) is 3.55. The molecule has 0 spiro atoms. The molecule has 1 aliphatic rings. The molecule has 1 amide bonds. The maximum Gasteiger partial charge on any atom is 0.265 e. The molecule has 0 bridgehead atoms. The van der Waals surface area contributed by atoms with Gasteiger partial charge >= 0.3 is 0 Å². The van der Waals surface area contributed by atoms with E-state index in [1.807, 2.05) is 67.6 Å². The second-order valence-corrected chi connectivity index (χ2v) is 6.75. The second-order valence-electron chi connectivity index (χ2n) is 6.75. The lowest BCUT2D eigenvalue weighted by Crippen LogP contribution is -2.79. The summed E-state index contributed by atoms with van der Waals surface area (Å²) in [6, 6.07) is 16.8. The van der Waals surface area contributed by atoms with E-state index in [-0.39, 0.29) is 5.91 Å². The number of aliphatic hydroxyl groups excluding tert-OH is 1. The number of carbonyl (C=O) groups is 1. The Balaban J connectivity index is 2.04. The first-order valence-corrected chi connectivity index (χ1v) is 8.90. The lowest BCUT2D eigenvalue weighted by atomic mass is 9.73. The first-order chi connectivity index (χ1) is 13.0. The van der Waals surface area contributed by atoms with Crippen molar-refractivity contribution in [2.24, 2.45) is 0 Å². The van der Waals surface area contributed by atoms with Gasteiger partial charge in [0.05, 0.1) is 19.3 Å². The third-order valence-electron chi connectivity index (χ3n) is 5.15. The van der Waals surface area contributed by atoms with Gasteiger partial charge < -0.3 is 14.6 Å². The van der Waals surface area contributed by atoms with E-state index in [1.54, 1.807) is 18.9 Å². The number of anilines is 1. The Morgan fingerprint density at radius 2 is 1.78 bits per heavy atom. The largest absolute Gasteiger partial charge is 0.497 e. The van der Waals surface area contributed by atoms with Gasteiger partial charge in [0.25, 0.3) is 5.91 Å². The SMILES string of the molecule is COc1ccc(N2C(=O)[C@](OC)([C@H](C)O)C2/C(C)=C/c2ccccc2)cc1. The van der Waals surface area contributed by atoms with Crippen LogP contribution in [0, 0.1) is 0 Å². The van der Waals surface area contributed by atoms with E-state index in [0.29, 0.717) is 5.75 Å². The Morgan fingerprint density at radius 1 is 1.15 bits per heavy atom. The third-order valence-corrected chi connectivity index (χ3v) is 5.15. The minimum Gasteiger partial charge on any atom is -0.497 e. The van der Waals surface area contributed by atoms with Crippen LogP contribution in [0.15, 0.2) is 60.2 Å². The van der Waals surface area contributed by atoms with Crippen LogP contribution < -0.4 is 9.64 Å². The van der Waals surface area contributed by atoms with E-state index >= 15 is 0 Å². The number of amides is 1. The molecule has 1 unspecified atom stereocenters. The van der Waals surface area contributed by atoms with Crippen LogP contribution in [0.4, 0.5) is 5.69 Å². The molecule has 3 atom stereocenters. The van der Waals surface area contributed by atoms with Crippen LogP contribution in [0.1, 0.15) is 19.4 Å². The van der Waals surface area contributed by atoms with E-state index < -0.39 is 17.7 Å². The summed E-state index contributed by atoms with van der Waals surface area (Å²) in [4.78, 5) is 14.7. The minimum absolute atomic E-state index is 0.254. The van der Waals surface area contributed by atoms with Gasteiger partial charge in [0, 0.05) is 12.8 Å². The molecule has 5 heteroatoms. The highest BCUT2D eigenvalue weighted by Crippen LogP contribution is 2.44. The fourth-order valence-electron chi connectivity index (χ4n) is 3.77. The van der Waals surface area contributed by atoms with Gasteiger partial charge in [0.1, 0.15) is 5.75 Å². The van der Waals surface area contributed by atoms with Gasteiger partial charge in [0.15, 0.2) is 5.60 Å². The normalized spacial score (nSPS) is 23.7. The molecule has 1 saturated heterocycles. The molecular weight excluding hydrogens is 342 g/mol. The molecule has 1 heterocycles. The van der Waals surface area contributed by atoms with Crippen molar-refractivity contribution in [3.8, 4) is 5.75 Å². The predicted octanol–water partition coefficient (Wildman–Crippen LogP) is 3.28. The number of ether oxygens (including phenoxy) is 2. The molecule has 1 aliphatic heterocycles. The van der Waals surface area contributed by atoms with E-state index in [9.17, 15) is 9.90 Å². The van der Waals surface area contributed by atoms with Crippen molar-refractivity contribution in [3.63, 3.8) is 0 Å². The van der Waals surface area contributed by atoms with E-state index in [2.05, 4.69) is 0 Å². The molecule has 0 aliphatic carbocycles. The Kier molecular flexibility index (Phi) is 5.35. The average molecular weight is 367 g/mol. The molecule has 3 rings (SSSR count). The zero-order valence-electron chi connectivity index (χ0n) is 16.0. The number of hydrogen-bond acceptors (Lipinski definition) is 4. The molecule has 0 saturated carbocycles. The van der Waals surface area contributed by atoms with Crippen LogP contribution >= 0.6 is 0 Å². The van der Waals surface area contributed by atoms with E-state index in [4.69, 9.17) is 9.47 Å². The number of carbonyl (C=O) groups excluding carboxylic acids is 1. The summed E-state index contributed by atoms with van der Waals surface area (Å²) in [5.74, 6) is 0.462. The van der Waals surface area contributed by atoms with Crippen LogP contribution in [0.2, 0.25) is 0 Å².